The van der Waals surface area contributed by atoms with Crippen LogP contribution >= 0.6 is 11.6 Å². The maximum atomic E-state index is 13.8. The van der Waals surface area contributed by atoms with Crippen molar-refractivity contribution in [1.82, 2.24) is 4.90 Å². The lowest BCUT2D eigenvalue weighted by Crippen LogP contribution is -2.29. The predicted molar refractivity (Wildman–Crippen MR) is 148 cm³/mol. The molecule has 4 aromatic rings. The monoisotopic (exact) mass is 531 g/mol. The molecule has 0 saturated carbocycles. The van der Waals surface area contributed by atoms with E-state index in [1.807, 2.05) is 55.5 Å². The number of hydrogen-bond donors (Lipinski definition) is 0. The summed E-state index contributed by atoms with van der Waals surface area (Å²) in [5.41, 5.74) is 2.05. The molecule has 1 aromatic heterocycles. The second kappa shape index (κ2) is 11.3. The third-order valence-electron chi connectivity index (χ3n) is 6.71. The lowest BCUT2D eigenvalue weighted by Gasteiger charge is -2.26. The summed E-state index contributed by atoms with van der Waals surface area (Å²) in [6.07, 6.45) is 3.15. The van der Waals surface area contributed by atoms with E-state index in [0.717, 1.165) is 30.4 Å². The van der Waals surface area contributed by atoms with Crippen LogP contribution in [-0.2, 0) is 6.54 Å². The summed E-state index contributed by atoms with van der Waals surface area (Å²) in [5.74, 6) is 0.947. The molecule has 0 saturated heterocycles. The number of carbonyl (C=O) groups excluding carboxylic acids is 1. The SMILES string of the molecule is CCCCCOc1ccc(C2c3c(oc4ccc(Cl)cc4c3=O)C(=O)N2Cc2ccccc2)cc1OCC. The molecule has 0 fully saturated rings. The number of nitrogens with zero attached hydrogens (tertiary/aromatic N) is 1. The summed E-state index contributed by atoms with van der Waals surface area (Å²) < 4.78 is 18.0. The van der Waals surface area contributed by atoms with Crippen LogP contribution in [0.5, 0.6) is 11.5 Å². The number of ether oxygens (including phenoxy) is 2. The van der Waals surface area contributed by atoms with E-state index in [4.69, 9.17) is 25.5 Å². The Morgan fingerprint density at radius 2 is 1.74 bits per heavy atom. The van der Waals surface area contributed by atoms with Crippen molar-refractivity contribution in [3.63, 3.8) is 0 Å². The molecule has 0 N–H and O–H groups in total. The smallest absolute Gasteiger partial charge is 0.291 e. The number of rotatable bonds is 10. The Bertz CT molecular complexity index is 1510. The highest BCUT2D eigenvalue weighted by molar-refractivity contribution is 6.31. The third kappa shape index (κ3) is 5.01. The normalized spacial score (nSPS) is 14.7. The quantitative estimate of drug-likeness (QED) is 0.203. The highest BCUT2D eigenvalue weighted by Crippen LogP contribution is 2.42. The van der Waals surface area contributed by atoms with Gasteiger partial charge in [0.25, 0.3) is 5.91 Å². The largest absolute Gasteiger partial charge is 0.490 e. The van der Waals surface area contributed by atoms with Gasteiger partial charge < -0.3 is 18.8 Å². The number of hydrogen-bond acceptors (Lipinski definition) is 5. The van der Waals surface area contributed by atoms with Crippen molar-refractivity contribution >= 4 is 28.5 Å². The second-order valence-electron chi connectivity index (χ2n) is 9.33. The van der Waals surface area contributed by atoms with Crippen molar-refractivity contribution in [3.8, 4) is 11.5 Å². The molecule has 0 aliphatic carbocycles. The van der Waals surface area contributed by atoms with Crippen LogP contribution in [0.25, 0.3) is 11.0 Å². The summed E-state index contributed by atoms with van der Waals surface area (Å²) in [6.45, 7) is 5.41. The van der Waals surface area contributed by atoms with Gasteiger partial charge in [0, 0.05) is 11.6 Å². The van der Waals surface area contributed by atoms with Crippen LogP contribution in [0.15, 0.2) is 75.9 Å². The van der Waals surface area contributed by atoms with E-state index in [2.05, 4.69) is 6.92 Å². The van der Waals surface area contributed by atoms with Gasteiger partial charge in [-0.15, -0.1) is 0 Å². The Balaban J connectivity index is 1.63. The van der Waals surface area contributed by atoms with Crippen LogP contribution in [0.4, 0.5) is 0 Å². The molecule has 38 heavy (non-hydrogen) atoms. The first kappa shape index (κ1) is 25.9. The van der Waals surface area contributed by atoms with Gasteiger partial charge in [0.05, 0.1) is 30.2 Å². The molecule has 1 aliphatic heterocycles. The lowest BCUT2D eigenvalue weighted by atomic mass is 9.97. The van der Waals surface area contributed by atoms with Gasteiger partial charge in [-0.3, -0.25) is 9.59 Å². The first-order valence-electron chi connectivity index (χ1n) is 13.0. The predicted octanol–water partition coefficient (Wildman–Crippen LogP) is 7.16. The summed E-state index contributed by atoms with van der Waals surface area (Å²) in [5, 5.41) is 0.770. The third-order valence-corrected chi connectivity index (χ3v) is 6.95. The number of halogens is 1. The fraction of sp³-hybridized carbons (Fsp3) is 0.290. The van der Waals surface area contributed by atoms with Gasteiger partial charge in [-0.1, -0.05) is 67.8 Å². The molecule has 2 heterocycles. The van der Waals surface area contributed by atoms with E-state index in [0.29, 0.717) is 52.8 Å². The second-order valence-corrected chi connectivity index (χ2v) is 9.77. The number of carbonyl (C=O) groups is 1. The van der Waals surface area contributed by atoms with Gasteiger partial charge in [0.15, 0.2) is 16.9 Å². The molecular weight excluding hydrogens is 502 g/mol. The molecule has 1 aliphatic rings. The van der Waals surface area contributed by atoms with Crippen LogP contribution in [0.1, 0.15) is 66.4 Å². The minimum Gasteiger partial charge on any atom is -0.490 e. The molecular formula is C31H30ClNO5. The molecule has 5 rings (SSSR count). The number of fused-ring (bicyclic) bond motifs is 2. The Morgan fingerprint density at radius 3 is 2.50 bits per heavy atom. The van der Waals surface area contributed by atoms with Crippen molar-refractivity contribution in [3.05, 3.63) is 104 Å². The highest BCUT2D eigenvalue weighted by atomic mass is 35.5. The lowest BCUT2D eigenvalue weighted by molar-refractivity contribution is 0.0714. The Morgan fingerprint density at radius 1 is 0.921 bits per heavy atom. The van der Waals surface area contributed by atoms with Crippen LogP contribution in [0.3, 0.4) is 0 Å². The molecule has 1 amide bonds. The first-order chi connectivity index (χ1) is 18.5. The molecule has 1 atom stereocenters. The number of amides is 1. The fourth-order valence-corrected chi connectivity index (χ4v) is 5.07. The minimum atomic E-state index is -0.661. The standard InChI is InChI=1S/C31H30ClNO5/c1-3-5-9-16-37-25-14-12-21(17-26(25)36-4-2)28-27-29(34)23-18-22(32)13-15-24(23)38-30(27)31(35)33(28)19-20-10-7-6-8-11-20/h6-8,10-15,17-18,28H,3-5,9,16,19H2,1-2H3. The summed E-state index contributed by atoms with van der Waals surface area (Å²) in [6, 6.07) is 19.5. The Labute approximate surface area is 226 Å². The maximum Gasteiger partial charge on any atom is 0.291 e. The van der Waals surface area contributed by atoms with Crippen LogP contribution in [-0.4, -0.2) is 24.0 Å². The van der Waals surface area contributed by atoms with E-state index in [9.17, 15) is 9.59 Å². The van der Waals surface area contributed by atoms with E-state index < -0.39 is 6.04 Å². The Hall–Kier alpha value is -3.77. The van der Waals surface area contributed by atoms with Gasteiger partial charge in [-0.05, 0) is 54.8 Å². The minimum absolute atomic E-state index is 0.0589. The van der Waals surface area contributed by atoms with Gasteiger partial charge in [-0.25, -0.2) is 0 Å². The highest BCUT2D eigenvalue weighted by Gasteiger charge is 2.43. The van der Waals surface area contributed by atoms with Crippen molar-refractivity contribution in [1.29, 1.82) is 0 Å². The number of unbranched alkanes of at least 4 members (excludes halogenated alkanes) is 2. The van der Waals surface area contributed by atoms with E-state index in [1.165, 1.54) is 0 Å². The summed E-state index contributed by atoms with van der Waals surface area (Å²) in [4.78, 5) is 29.2. The van der Waals surface area contributed by atoms with Gasteiger partial charge in [0.2, 0.25) is 5.76 Å². The van der Waals surface area contributed by atoms with Crippen molar-refractivity contribution in [2.24, 2.45) is 0 Å². The van der Waals surface area contributed by atoms with Crippen LogP contribution in [0.2, 0.25) is 5.02 Å². The van der Waals surface area contributed by atoms with E-state index >= 15 is 0 Å². The van der Waals surface area contributed by atoms with Crippen LogP contribution in [0, 0.1) is 0 Å². The fourth-order valence-electron chi connectivity index (χ4n) is 4.90. The van der Waals surface area contributed by atoms with E-state index in [-0.39, 0.29) is 17.1 Å². The maximum absolute atomic E-state index is 13.8. The zero-order valence-electron chi connectivity index (χ0n) is 21.5. The molecule has 0 spiro atoms. The molecule has 0 bridgehead atoms. The van der Waals surface area contributed by atoms with Gasteiger partial charge in [0.1, 0.15) is 5.58 Å². The molecule has 3 aromatic carbocycles. The van der Waals surface area contributed by atoms with Gasteiger partial charge in [-0.2, -0.15) is 0 Å². The van der Waals surface area contributed by atoms with Crippen molar-refractivity contribution in [2.45, 2.75) is 45.7 Å². The molecule has 7 heteroatoms. The van der Waals surface area contributed by atoms with Crippen LogP contribution < -0.4 is 14.9 Å². The zero-order valence-corrected chi connectivity index (χ0v) is 22.3. The number of benzene rings is 3. The van der Waals surface area contributed by atoms with Gasteiger partial charge >= 0.3 is 0 Å². The average Bonchev–Trinajstić information content (AvgIpc) is 3.20. The average molecular weight is 532 g/mol. The molecule has 6 nitrogen and oxygen atoms in total. The van der Waals surface area contributed by atoms with Crippen molar-refractivity contribution < 1.29 is 18.7 Å². The molecule has 0 radical (unpaired) electrons. The first-order valence-corrected chi connectivity index (χ1v) is 13.4. The topological polar surface area (TPSA) is 69.0 Å². The molecule has 1 unspecified atom stereocenters. The zero-order chi connectivity index (χ0) is 26.6. The Kier molecular flexibility index (Phi) is 7.70. The van der Waals surface area contributed by atoms with E-state index in [1.54, 1.807) is 23.1 Å². The summed E-state index contributed by atoms with van der Waals surface area (Å²) in [7, 11) is 0. The van der Waals surface area contributed by atoms with Crippen molar-refractivity contribution in [2.75, 3.05) is 13.2 Å². The molecule has 196 valence electrons. The summed E-state index contributed by atoms with van der Waals surface area (Å²) >= 11 is 6.21.